The fourth-order valence-electron chi connectivity index (χ4n) is 2.51. The Labute approximate surface area is 143 Å². The number of alkyl halides is 3. The molecule has 0 unspecified atom stereocenters. The summed E-state index contributed by atoms with van der Waals surface area (Å²) in [5, 5.41) is 7.35. The monoisotopic (exact) mass is 346 g/mol. The zero-order valence-electron chi connectivity index (χ0n) is 13.6. The van der Waals surface area contributed by atoms with Crippen LogP contribution < -0.4 is 10.6 Å². The number of nitrogens with zero attached hydrogens (tertiary/aromatic N) is 2. The zero-order valence-corrected chi connectivity index (χ0v) is 13.6. The van der Waals surface area contributed by atoms with E-state index in [1.807, 2.05) is 37.3 Å². The average molecular weight is 346 g/mol. The number of fused-ring (bicyclic) bond motifs is 1. The fraction of sp³-hybridized carbons (Fsp3) is 0.222. The molecule has 0 atom stereocenters. The Morgan fingerprint density at radius 1 is 1.00 bits per heavy atom. The number of benzene rings is 1. The molecule has 0 bridgehead atoms. The summed E-state index contributed by atoms with van der Waals surface area (Å²) in [5.74, 6) is 0.408. The molecule has 0 radical (unpaired) electrons. The van der Waals surface area contributed by atoms with Crippen LogP contribution in [0.3, 0.4) is 0 Å². The lowest BCUT2D eigenvalue weighted by Gasteiger charge is -2.12. The molecule has 2 heterocycles. The molecule has 4 nitrogen and oxygen atoms in total. The molecule has 0 saturated heterocycles. The van der Waals surface area contributed by atoms with E-state index in [1.165, 1.54) is 6.07 Å². The standard InChI is InChI=1S/C18H17F3N4/c1-12-10-16(14-4-2-3-5-15(14)25-12)22-8-9-23-17-7-6-13(11-24-17)18(19,20)21/h2-7,10-11H,8-9H2,1H3,(H,22,25)(H,23,24). The first-order valence-corrected chi connectivity index (χ1v) is 7.81. The summed E-state index contributed by atoms with van der Waals surface area (Å²) in [5.41, 5.74) is 2.06. The molecule has 2 N–H and O–H groups in total. The normalized spacial score (nSPS) is 11.5. The third-order valence-corrected chi connectivity index (χ3v) is 3.68. The van der Waals surface area contributed by atoms with Gasteiger partial charge in [-0.2, -0.15) is 13.2 Å². The van der Waals surface area contributed by atoms with Crippen molar-refractivity contribution in [2.24, 2.45) is 0 Å². The van der Waals surface area contributed by atoms with Gasteiger partial charge in [-0.25, -0.2) is 4.98 Å². The largest absolute Gasteiger partial charge is 0.417 e. The molecular formula is C18H17F3N4. The van der Waals surface area contributed by atoms with E-state index >= 15 is 0 Å². The van der Waals surface area contributed by atoms with Crippen LogP contribution in [0.1, 0.15) is 11.3 Å². The van der Waals surface area contributed by atoms with E-state index in [0.717, 1.165) is 34.5 Å². The van der Waals surface area contributed by atoms with E-state index in [1.54, 1.807) is 0 Å². The fourth-order valence-corrected chi connectivity index (χ4v) is 2.51. The van der Waals surface area contributed by atoms with Gasteiger partial charge in [0.1, 0.15) is 5.82 Å². The number of halogens is 3. The van der Waals surface area contributed by atoms with Crippen molar-refractivity contribution in [3.05, 3.63) is 59.9 Å². The summed E-state index contributed by atoms with van der Waals surface area (Å²) in [6, 6.07) is 12.2. The average Bonchev–Trinajstić information content (AvgIpc) is 2.58. The van der Waals surface area contributed by atoms with Crippen molar-refractivity contribution in [1.29, 1.82) is 0 Å². The number of aromatic nitrogens is 2. The molecule has 0 aliphatic rings. The van der Waals surface area contributed by atoms with Gasteiger partial charge in [0.2, 0.25) is 0 Å². The molecule has 0 fully saturated rings. The summed E-state index contributed by atoms with van der Waals surface area (Å²) < 4.78 is 37.5. The maximum atomic E-state index is 12.5. The van der Waals surface area contributed by atoms with E-state index in [9.17, 15) is 13.2 Å². The Hall–Kier alpha value is -2.83. The molecule has 0 amide bonds. The van der Waals surface area contributed by atoms with Gasteiger partial charge in [-0.1, -0.05) is 18.2 Å². The Morgan fingerprint density at radius 3 is 2.48 bits per heavy atom. The van der Waals surface area contributed by atoms with Crippen LogP contribution in [-0.4, -0.2) is 23.1 Å². The highest BCUT2D eigenvalue weighted by molar-refractivity contribution is 5.91. The maximum Gasteiger partial charge on any atom is 0.417 e. The van der Waals surface area contributed by atoms with Crippen molar-refractivity contribution < 1.29 is 13.2 Å². The van der Waals surface area contributed by atoms with Crippen LogP contribution in [0.15, 0.2) is 48.7 Å². The Kier molecular flexibility index (Phi) is 4.74. The van der Waals surface area contributed by atoms with Gasteiger partial charge >= 0.3 is 6.18 Å². The molecule has 1 aromatic carbocycles. The van der Waals surface area contributed by atoms with Gasteiger partial charge in [-0.05, 0) is 31.2 Å². The molecule has 0 aliphatic carbocycles. The van der Waals surface area contributed by atoms with Gasteiger partial charge < -0.3 is 10.6 Å². The number of anilines is 2. The molecule has 130 valence electrons. The van der Waals surface area contributed by atoms with Gasteiger partial charge in [0.05, 0.1) is 11.1 Å². The lowest BCUT2D eigenvalue weighted by atomic mass is 10.1. The Balaban J connectivity index is 1.59. The highest BCUT2D eigenvalue weighted by Gasteiger charge is 2.30. The second-order valence-electron chi connectivity index (χ2n) is 5.61. The van der Waals surface area contributed by atoms with Gasteiger partial charge in [0, 0.05) is 36.1 Å². The molecule has 0 saturated carbocycles. The molecular weight excluding hydrogens is 329 g/mol. The van der Waals surface area contributed by atoms with Crippen LogP contribution >= 0.6 is 0 Å². The summed E-state index contributed by atoms with van der Waals surface area (Å²) in [6.07, 6.45) is -3.54. The number of nitrogens with one attached hydrogen (secondary N) is 2. The predicted molar refractivity (Wildman–Crippen MR) is 92.7 cm³/mol. The van der Waals surface area contributed by atoms with Crippen molar-refractivity contribution in [2.75, 3.05) is 23.7 Å². The summed E-state index contributed by atoms with van der Waals surface area (Å²) in [7, 11) is 0. The van der Waals surface area contributed by atoms with Crippen LogP contribution in [0.2, 0.25) is 0 Å². The quantitative estimate of drug-likeness (QED) is 0.669. The topological polar surface area (TPSA) is 49.8 Å². The lowest BCUT2D eigenvalue weighted by molar-refractivity contribution is -0.137. The van der Waals surface area contributed by atoms with Crippen molar-refractivity contribution >= 4 is 22.4 Å². The van der Waals surface area contributed by atoms with Crippen molar-refractivity contribution in [3.63, 3.8) is 0 Å². The first-order chi connectivity index (χ1) is 11.9. The molecule has 0 aliphatic heterocycles. The number of rotatable bonds is 5. The Morgan fingerprint density at radius 2 is 1.76 bits per heavy atom. The minimum atomic E-state index is -4.37. The second kappa shape index (κ2) is 6.96. The molecule has 3 rings (SSSR count). The predicted octanol–water partition coefficient (Wildman–Crippen LogP) is 4.48. The minimum absolute atomic E-state index is 0.408. The van der Waals surface area contributed by atoms with E-state index in [-0.39, 0.29) is 0 Å². The first kappa shape index (κ1) is 17.0. The van der Waals surface area contributed by atoms with Gasteiger partial charge in [0.15, 0.2) is 0 Å². The number of hydrogen-bond donors (Lipinski definition) is 2. The number of aryl methyl sites for hydroxylation is 1. The van der Waals surface area contributed by atoms with Crippen molar-refractivity contribution in [1.82, 2.24) is 9.97 Å². The lowest BCUT2D eigenvalue weighted by Crippen LogP contribution is -2.15. The van der Waals surface area contributed by atoms with Crippen LogP contribution in [0.5, 0.6) is 0 Å². The molecule has 7 heteroatoms. The second-order valence-corrected chi connectivity index (χ2v) is 5.61. The first-order valence-electron chi connectivity index (χ1n) is 7.81. The van der Waals surface area contributed by atoms with E-state index in [0.29, 0.717) is 18.9 Å². The highest BCUT2D eigenvalue weighted by atomic mass is 19.4. The summed E-state index contributed by atoms with van der Waals surface area (Å²) >= 11 is 0. The number of para-hydroxylation sites is 1. The smallest absolute Gasteiger partial charge is 0.383 e. The third-order valence-electron chi connectivity index (χ3n) is 3.68. The highest BCUT2D eigenvalue weighted by Crippen LogP contribution is 2.28. The third kappa shape index (κ3) is 4.17. The molecule has 2 aromatic heterocycles. The van der Waals surface area contributed by atoms with Crippen LogP contribution in [0.25, 0.3) is 10.9 Å². The van der Waals surface area contributed by atoms with Gasteiger partial charge in [0.25, 0.3) is 0 Å². The summed E-state index contributed by atoms with van der Waals surface area (Å²) in [4.78, 5) is 8.27. The Bertz CT molecular complexity index is 860. The van der Waals surface area contributed by atoms with E-state index in [2.05, 4.69) is 20.6 Å². The number of pyridine rings is 2. The number of hydrogen-bond acceptors (Lipinski definition) is 4. The zero-order chi connectivity index (χ0) is 17.9. The van der Waals surface area contributed by atoms with Crippen molar-refractivity contribution in [3.8, 4) is 0 Å². The van der Waals surface area contributed by atoms with Crippen LogP contribution in [0, 0.1) is 6.92 Å². The van der Waals surface area contributed by atoms with Gasteiger partial charge in [-0.3, -0.25) is 4.98 Å². The molecule has 3 aromatic rings. The minimum Gasteiger partial charge on any atom is -0.383 e. The van der Waals surface area contributed by atoms with Crippen LogP contribution in [0.4, 0.5) is 24.7 Å². The van der Waals surface area contributed by atoms with E-state index < -0.39 is 11.7 Å². The summed E-state index contributed by atoms with van der Waals surface area (Å²) in [6.45, 7) is 3.05. The molecule has 0 spiro atoms. The van der Waals surface area contributed by atoms with Crippen LogP contribution in [-0.2, 0) is 6.18 Å². The molecule has 25 heavy (non-hydrogen) atoms. The van der Waals surface area contributed by atoms with Crippen molar-refractivity contribution in [2.45, 2.75) is 13.1 Å². The SMILES string of the molecule is Cc1cc(NCCNc2ccc(C(F)(F)F)cn2)c2ccccc2n1. The van der Waals surface area contributed by atoms with Gasteiger partial charge in [-0.15, -0.1) is 0 Å². The van der Waals surface area contributed by atoms with E-state index in [4.69, 9.17) is 0 Å². The maximum absolute atomic E-state index is 12.5.